The summed E-state index contributed by atoms with van der Waals surface area (Å²) in [6, 6.07) is 0. The molecule has 0 unspecified atom stereocenters. The molecule has 0 amide bonds. The van der Waals surface area contributed by atoms with E-state index in [1.165, 1.54) is 6.92 Å². The predicted octanol–water partition coefficient (Wildman–Crippen LogP) is 1.20. The van der Waals surface area contributed by atoms with Crippen LogP contribution in [0.25, 0.3) is 0 Å². The van der Waals surface area contributed by atoms with Crippen LogP contribution < -0.4 is 0 Å². The summed E-state index contributed by atoms with van der Waals surface area (Å²) in [6.45, 7) is 1.87. The van der Waals surface area contributed by atoms with Crippen LogP contribution in [0.4, 0.5) is 0 Å². The van der Waals surface area contributed by atoms with Gasteiger partial charge < -0.3 is 14.2 Å². The normalized spacial score (nSPS) is 46.4. The first-order chi connectivity index (χ1) is 6.59. The highest BCUT2D eigenvalue weighted by atomic mass is 79.9. The molecular weight excluding hydrogens is 320 g/mol. The van der Waals surface area contributed by atoms with Gasteiger partial charge in [-0.25, -0.2) is 0 Å². The highest BCUT2D eigenvalue weighted by molar-refractivity contribution is 9.12. The third-order valence-corrected chi connectivity index (χ3v) is 5.08. The van der Waals surface area contributed by atoms with E-state index in [-0.39, 0.29) is 34.1 Å². The van der Waals surface area contributed by atoms with Crippen molar-refractivity contribution < 1.29 is 19.0 Å². The van der Waals surface area contributed by atoms with Crippen LogP contribution in [0.2, 0.25) is 0 Å². The third-order valence-electron chi connectivity index (χ3n) is 2.28. The molecule has 0 aliphatic carbocycles. The maximum atomic E-state index is 10.9. The van der Waals surface area contributed by atoms with Crippen molar-refractivity contribution in [1.29, 1.82) is 0 Å². The molecule has 2 fully saturated rings. The molecule has 0 radical (unpaired) electrons. The minimum Gasteiger partial charge on any atom is -0.458 e. The molecule has 2 aliphatic rings. The van der Waals surface area contributed by atoms with E-state index in [2.05, 4.69) is 31.9 Å². The van der Waals surface area contributed by atoms with Crippen LogP contribution in [0.5, 0.6) is 0 Å². The van der Waals surface area contributed by atoms with Crippen LogP contribution in [-0.2, 0) is 19.0 Å². The number of halogens is 2. The van der Waals surface area contributed by atoms with Gasteiger partial charge in [0.2, 0.25) is 0 Å². The number of fused-ring (bicyclic) bond motifs is 2. The molecule has 0 spiro atoms. The molecule has 0 aromatic rings. The summed E-state index contributed by atoms with van der Waals surface area (Å²) in [5, 5.41) is 0. The lowest BCUT2D eigenvalue weighted by atomic mass is 10.1. The number of hydrogen-bond donors (Lipinski definition) is 0. The number of hydrogen-bond acceptors (Lipinski definition) is 4. The fourth-order valence-electron chi connectivity index (χ4n) is 1.65. The van der Waals surface area contributed by atoms with E-state index in [0.29, 0.717) is 6.61 Å². The van der Waals surface area contributed by atoms with Crippen LogP contribution in [0.3, 0.4) is 0 Å². The maximum Gasteiger partial charge on any atom is 0.303 e. The quantitative estimate of drug-likeness (QED) is 0.535. The first kappa shape index (κ1) is 10.9. The minimum atomic E-state index is -0.298. The number of carbonyl (C=O) groups excluding carboxylic acids is 1. The van der Waals surface area contributed by atoms with Gasteiger partial charge in [-0.3, -0.25) is 4.79 Å². The standard InChI is InChI=1S/C8H10Br2O4/c1-3(11)13-7-4-2-12-8(14-4)6(10)5(7)9/h4-8H,2H2,1H3/t4-,5-,6-,7+,8-/m1/s1. The van der Waals surface area contributed by atoms with Gasteiger partial charge in [-0.05, 0) is 0 Å². The van der Waals surface area contributed by atoms with E-state index in [1.54, 1.807) is 0 Å². The van der Waals surface area contributed by atoms with Crippen LogP contribution in [0, 0.1) is 0 Å². The SMILES string of the molecule is CC(=O)O[C@@H]1[C@H](Br)[C@@H](Br)[C@@H]2OC[C@H]1O2. The maximum absolute atomic E-state index is 10.9. The van der Waals surface area contributed by atoms with Crippen LogP contribution in [0.1, 0.15) is 6.92 Å². The van der Waals surface area contributed by atoms with E-state index < -0.39 is 0 Å². The molecule has 0 N–H and O–H groups in total. The smallest absolute Gasteiger partial charge is 0.303 e. The summed E-state index contributed by atoms with van der Waals surface area (Å²) >= 11 is 6.93. The van der Waals surface area contributed by atoms with Gasteiger partial charge in [-0.2, -0.15) is 0 Å². The van der Waals surface area contributed by atoms with Gasteiger partial charge in [0.1, 0.15) is 12.2 Å². The second-order valence-corrected chi connectivity index (χ2v) is 5.45. The van der Waals surface area contributed by atoms with Crippen LogP contribution in [0.15, 0.2) is 0 Å². The second-order valence-electron chi connectivity index (χ2n) is 3.34. The van der Waals surface area contributed by atoms with E-state index >= 15 is 0 Å². The fraction of sp³-hybridized carbons (Fsp3) is 0.875. The Balaban J connectivity index is 2.10. The highest BCUT2D eigenvalue weighted by Crippen LogP contribution is 2.37. The Kier molecular flexibility index (Phi) is 3.16. The number of ether oxygens (including phenoxy) is 3. The molecule has 2 rings (SSSR count). The molecule has 0 aromatic heterocycles. The third kappa shape index (κ3) is 1.85. The van der Waals surface area contributed by atoms with Crippen molar-refractivity contribution in [3.63, 3.8) is 0 Å². The molecule has 2 heterocycles. The summed E-state index contributed by atoms with van der Waals surface area (Å²) in [5.41, 5.74) is 0. The lowest BCUT2D eigenvalue weighted by Gasteiger charge is -2.34. The van der Waals surface area contributed by atoms with Crippen molar-refractivity contribution in [3.8, 4) is 0 Å². The summed E-state index contributed by atoms with van der Waals surface area (Å²) in [5.74, 6) is -0.298. The molecule has 6 heteroatoms. The molecular formula is C8H10Br2O4. The summed E-state index contributed by atoms with van der Waals surface area (Å²) in [4.78, 5) is 10.9. The van der Waals surface area contributed by atoms with Gasteiger partial charge >= 0.3 is 5.97 Å². The minimum absolute atomic E-state index is 0.00519. The van der Waals surface area contributed by atoms with Crippen LogP contribution in [-0.4, -0.2) is 40.7 Å². The zero-order valence-electron chi connectivity index (χ0n) is 7.48. The lowest BCUT2D eigenvalue weighted by Crippen LogP contribution is -2.50. The molecule has 2 aliphatic heterocycles. The molecule has 2 saturated heterocycles. The average molecular weight is 330 g/mol. The van der Waals surface area contributed by atoms with Crippen molar-refractivity contribution in [2.75, 3.05) is 6.61 Å². The van der Waals surface area contributed by atoms with E-state index in [0.717, 1.165) is 0 Å². The second kappa shape index (κ2) is 4.08. The first-order valence-corrected chi connectivity index (χ1v) is 6.15. The van der Waals surface area contributed by atoms with Gasteiger partial charge in [0.15, 0.2) is 6.29 Å². The molecule has 0 saturated carbocycles. The molecule has 4 nitrogen and oxygen atoms in total. The monoisotopic (exact) mass is 328 g/mol. The average Bonchev–Trinajstić information content (AvgIpc) is 2.55. The van der Waals surface area contributed by atoms with Gasteiger partial charge in [0.25, 0.3) is 0 Å². The highest BCUT2D eigenvalue weighted by Gasteiger charge is 2.50. The Morgan fingerprint density at radius 3 is 2.79 bits per heavy atom. The summed E-state index contributed by atoms with van der Waals surface area (Å²) in [6.07, 6.45) is -0.672. The predicted molar refractivity (Wildman–Crippen MR) is 55.6 cm³/mol. The van der Waals surface area contributed by atoms with Crippen molar-refractivity contribution in [2.45, 2.75) is 35.1 Å². The topological polar surface area (TPSA) is 44.8 Å². The summed E-state index contributed by atoms with van der Waals surface area (Å²) < 4.78 is 16.1. The molecule has 5 atom stereocenters. The Morgan fingerprint density at radius 2 is 2.14 bits per heavy atom. The van der Waals surface area contributed by atoms with Crippen molar-refractivity contribution >= 4 is 37.8 Å². The van der Waals surface area contributed by atoms with Gasteiger partial charge in [-0.15, -0.1) is 0 Å². The van der Waals surface area contributed by atoms with Crippen molar-refractivity contribution in [3.05, 3.63) is 0 Å². The Labute approximate surface area is 98.5 Å². The Bertz CT molecular complexity index is 247. The van der Waals surface area contributed by atoms with E-state index in [1.807, 2.05) is 0 Å². The number of rotatable bonds is 1. The van der Waals surface area contributed by atoms with Gasteiger partial charge in [-0.1, -0.05) is 31.9 Å². The van der Waals surface area contributed by atoms with Crippen molar-refractivity contribution in [1.82, 2.24) is 0 Å². The Morgan fingerprint density at radius 1 is 1.43 bits per heavy atom. The van der Waals surface area contributed by atoms with Gasteiger partial charge in [0, 0.05) is 6.92 Å². The van der Waals surface area contributed by atoms with E-state index in [9.17, 15) is 4.79 Å². The molecule has 14 heavy (non-hydrogen) atoms. The first-order valence-electron chi connectivity index (χ1n) is 4.32. The lowest BCUT2D eigenvalue weighted by molar-refractivity contribution is -0.162. The fourth-order valence-corrected chi connectivity index (χ4v) is 2.92. The van der Waals surface area contributed by atoms with E-state index in [4.69, 9.17) is 14.2 Å². The zero-order valence-corrected chi connectivity index (χ0v) is 10.7. The zero-order chi connectivity index (χ0) is 10.3. The molecule has 2 bridgehead atoms. The number of alkyl halides is 2. The van der Waals surface area contributed by atoms with Crippen molar-refractivity contribution in [2.24, 2.45) is 0 Å². The molecule has 80 valence electrons. The number of esters is 1. The summed E-state index contributed by atoms with van der Waals surface area (Å²) in [7, 11) is 0. The Hall–Kier alpha value is 0.350. The van der Waals surface area contributed by atoms with Gasteiger partial charge in [0.05, 0.1) is 16.3 Å². The molecule has 0 aromatic carbocycles. The number of carbonyl (C=O) groups is 1. The largest absolute Gasteiger partial charge is 0.458 e. The van der Waals surface area contributed by atoms with Crippen LogP contribution >= 0.6 is 31.9 Å².